The molecular weight excluding hydrogens is 418 g/mol. The Morgan fingerprint density at radius 2 is 1.90 bits per heavy atom. The van der Waals surface area contributed by atoms with Gasteiger partial charge in [-0.05, 0) is 57.9 Å². The lowest BCUT2D eigenvalue weighted by molar-refractivity contribution is -0.137. The van der Waals surface area contributed by atoms with Crippen LogP contribution in [0.4, 0.5) is 0 Å². The third-order valence-corrected chi connectivity index (χ3v) is 5.86. The zero-order chi connectivity index (χ0) is 21.7. The molecule has 2 rings (SSSR count). The number of hydrogen-bond donors (Lipinski definition) is 2. The van der Waals surface area contributed by atoms with Crippen LogP contribution in [0.2, 0.25) is 5.02 Å². The maximum absolute atomic E-state index is 12.7. The Balaban J connectivity index is 2.03. The monoisotopic (exact) mass is 445 g/mol. The number of sulfonamides is 1. The van der Waals surface area contributed by atoms with Crippen LogP contribution >= 0.6 is 11.6 Å². The van der Waals surface area contributed by atoms with Gasteiger partial charge in [0.1, 0.15) is 0 Å². The first kappa shape index (κ1) is 23.6. The average molecular weight is 446 g/mol. The molecule has 0 aliphatic carbocycles. The van der Waals surface area contributed by atoms with Gasteiger partial charge in [0.15, 0.2) is 0 Å². The number of carbonyl (C=O) groups is 2. The first-order chi connectivity index (χ1) is 13.5. The van der Waals surface area contributed by atoms with Gasteiger partial charge in [0.05, 0.1) is 24.1 Å². The summed E-state index contributed by atoms with van der Waals surface area (Å²) in [6, 6.07) is 5.63. The fraction of sp³-hybridized carbons (Fsp3) is 0.579. The maximum Gasteiger partial charge on any atom is 0.241 e. The zero-order valence-corrected chi connectivity index (χ0v) is 18.5. The summed E-state index contributed by atoms with van der Waals surface area (Å²) < 4.78 is 32.6. The van der Waals surface area contributed by atoms with E-state index >= 15 is 0 Å². The lowest BCUT2D eigenvalue weighted by atomic mass is 10.1. The van der Waals surface area contributed by atoms with Crippen LogP contribution in [0.5, 0.6) is 0 Å². The number of nitrogens with one attached hydrogen (secondary N) is 2. The second kappa shape index (κ2) is 9.88. The highest BCUT2D eigenvalue weighted by atomic mass is 35.5. The van der Waals surface area contributed by atoms with Crippen molar-refractivity contribution < 1.29 is 22.7 Å². The van der Waals surface area contributed by atoms with Gasteiger partial charge in [-0.3, -0.25) is 9.59 Å². The summed E-state index contributed by atoms with van der Waals surface area (Å²) >= 11 is 5.78. The molecule has 2 N–H and O–H groups in total. The van der Waals surface area contributed by atoms with Gasteiger partial charge in [0.25, 0.3) is 0 Å². The molecule has 10 heteroatoms. The molecule has 0 bridgehead atoms. The SMILES string of the molecule is CC(C)(C)NC(=O)CN(C[C@@H]1CCCO1)C(=O)CNS(=O)(=O)c1ccc(Cl)cc1. The second-order valence-corrected chi connectivity index (χ2v) is 10.2. The fourth-order valence-electron chi connectivity index (χ4n) is 2.89. The van der Waals surface area contributed by atoms with Gasteiger partial charge in [0.2, 0.25) is 21.8 Å². The van der Waals surface area contributed by atoms with Crippen molar-refractivity contribution >= 4 is 33.4 Å². The summed E-state index contributed by atoms with van der Waals surface area (Å²) in [5.41, 5.74) is -0.439. The summed E-state index contributed by atoms with van der Waals surface area (Å²) in [7, 11) is -3.88. The number of carbonyl (C=O) groups excluding carboxylic acids is 2. The van der Waals surface area contributed by atoms with E-state index in [-0.39, 0.29) is 30.0 Å². The summed E-state index contributed by atoms with van der Waals surface area (Å²) in [5, 5.41) is 3.22. The van der Waals surface area contributed by atoms with Crippen LogP contribution in [0.1, 0.15) is 33.6 Å². The van der Waals surface area contributed by atoms with Gasteiger partial charge in [-0.1, -0.05) is 11.6 Å². The van der Waals surface area contributed by atoms with Gasteiger partial charge in [-0.15, -0.1) is 0 Å². The number of hydrogen-bond acceptors (Lipinski definition) is 5. The molecule has 1 aromatic carbocycles. The van der Waals surface area contributed by atoms with Crippen LogP contribution in [0.15, 0.2) is 29.2 Å². The van der Waals surface area contributed by atoms with Crippen LogP contribution in [0.25, 0.3) is 0 Å². The predicted octanol–water partition coefficient (Wildman–Crippen LogP) is 1.54. The summed E-state index contributed by atoms with van der Waals surface area (Å²) in [4.78, 5) is 26.4. The van der Waals surface area contributed by atoms with E-state index in [2.05, 4.69) is 10.0 Å². The summed E-state index contributed by atoms with van der Waals surface area (Å²) in [6.45, 7) is 5.76. The van der Waals surface area contributed by atoms with E-state index < -0.39 is 28.0 Å². The van der Waals surface area contributed by atoms with Gasteiger partial charge >= 0.3 is 0 Å². The Morgan fingerprint density at radius 1 is 1.24 bits per heavy atom. The van der Waals surface area contributed by atoms with Crippen LogP contribution < -0.4 is 10.0 Å². The normalized spacial score (nSPS) is 17.2. The molecule has 1 heterocycles. The number of ether oxygens (including phenoxy) is 1. The summed E-state index contributed by atoms with van der Waals surface area (Å²) in [6.07, 6.45) is 1.53. The van der Waals surface area contributed by atoms with Crippen molar-refractivity contribution in [1.29, 1.82) is 0 Å². The average Bonchev–Trinajstić information content (AvgIpc) is 3.11. The van der Waals surface area contributed by atoms with Crippen molar-refractivity contribution in [3.63, 3.8) is 0 Å². The maximum atomic E-state index is 12.7. The molecule has 0 unspecified atom stereocenters. The molecule has 29 heavy (non-hydrogen) atoms. The third kappa shape index (κ3) is 7.93. The Labute approximate surface area is 177 Å². The highest BCUT2D eigenvalue weighted by Gasteiger charge is 2.26. The van der Waals surface area contributed by atoms with Crippen LogP contribution in [0.3, 0.4) is 0 Å². The van der Waals surface area contributed by atoms with Crippen molar-refractivity contribution in [3.05, 3.63) is 29.3 Å². The minimum atomic E-state index is -3.88. The largest absolute Gasteiger partial charge is 0.376 e. The minimum Gasteiger partial charge on any atom is -0.376 e. The molecule has 2 amide bonds. The van der Waals surface area contributed by atoms with E-state index in [0.29, 0.717) is 11.6 Å². The highest BCUT2D eigenvalue weighted by Crippen LogP contribution is 2.15. The Bertz CT molecular complexity index is 815. The van der Waals surface area contributed by atoms with Gasteiger partial charge in [0, 0.05) is 23.7 Å². The number of halogens is 1. The molecule has 1 aliphatic rings. The molecular formula is C19H28ClN3O5S. The Kier molecular flexibility index (Phi) is 8.04. The van der Waals surface area contributed by atoms with Crippen molar-refractivity contribution in [2.75, 3.05) is 26.2 Å². The van der Waals surface area contributed by atoms with Crippen molar-refractivity contribution in [1.82, 2.24) is 14.9 Å². The van der Waals surface area contributed by atoms with Gasteiger partial charge < -0.3 is 15.0 Å². The van der Waals surface area contributed by atoms with E-state index in [9.17, 15) is 18.0 Å². The van der Waals surface area contributed by atoms with Crippen LogP contribution in [0, 0.1) is 0 Å². The molecule has 8 nitrogen and oxygen atoms in total. The topological polar surface area (TPSA) is 105 Å². The third-order valence-electron chi connectivity index (χ3n) is 4.19. The molecule has 0 aromatic heterocycles. The molecule has 1 aliphatic heterocycles. The lowest BCUT2D eigenvalue weighted by Crippen LogP contribution is -2.50. The molecule has 162 valence electrons. The molecule has 1 atom stereocenters. The van der Waals surface area contributed by atoms with Gasteiger partial charge in [-0.25, -0.2) is 13.1 Å². The predicted molar refractivity (Wildman–Crippen MR) is 110 cm³/mol. The molecule has 1 saturated heterocycles. The van der Waals surface area contributed by atoms with E-state index in [4.69, 9.17) is 16.3 Å². The molecule has 1 aromatic rings. The highest BCUT2D eigenvalue weighted by molar-refractivity contribution is 7.89. The van der Waals surface area contributed by atoms with E-state index in [1.54, 1.807) is 0 Å². The second-order valence-electron chi connectivity index (χ2n) is 7.99. The fourth-order valence-corrected chi connectivity index (χ4v) is 3.99. The molecule has 0 saturated carbocycles. The van der Waals surface area contributed by atoms with Crippen molar-refractivity contribution in [3.8, 4) is 0 Å². The Hall–Kier alpha value is -1.68. The minimum absolute atomic E-state index is 0.00542. The first-order valence-corrected chi connectivity index (χ1v) is 11.3. The summed E-state index contributed by atoms with van der Waals surface area (Å²) in [5.74, 6) is -0.813. The van der Waals surface area contributed by atoms with E-state index in [1.165, 1.54) is 29.2 Å². The lowest BCUT2D eigenvalue weighted by Gasteiger charge is -2.27. The Morgan fingerprint density at radius 3 is 2.45 bits per heavy atom. The number of benzene rings is 1. The molecule has 1 fully saturated rings. The van der Waals surface area contributed by atoms with Gasteiger partial charge in [-0.2, -0.15) is 0 Å². The molecule has 0 radical (unpaired) electrons. The van der Waals surface area contributed by atoms with E-state index in [1.807, 2.05) is 20.8 Å². The van der Waals surface area contributed by atoms with Crippen molar-refractivity contribution in [2.24, 2.45) is 0 Å². The zero-order valence-electron chi connectivity index (χ0n) is 16.9. The number of nitrogens with zero attached hydrogens (tertiary/aromatic N) is 1. The molecule has 0 spiro atoms. The van der Waals surface area contributed by atoms with E-state index in [0.717, 1.165) is 12.8 Å². The number of amides is 2. The number of rotatable bonds is 8. The quantitative estimate of drug-likeness (QED) is 0.631. The van der Waals surface area contributed by atoms with Crippen molar-refractivity contribution in [2.45, 2.75) is 50.2 Å². The van der Waals surface area contributed by atoms with Crippen LogP contribution in [-0.2, 0) is 24.3 Å². The smallest absolute Gasteiger partial charge is 0.241 e. The standard InChI is InChI=1S/C19H28ClN3O5S/c1-19(2,3)22-17(24)13-23(12-15-5-4-10-28-15)18(25)11-21-29(26,27)16-8-6-14(20)7-9-16/h6-9,15,21H,4-5,10-13H2,1-3H3,(H,22,24)/t15-/m0/s1. The first-order valence-electron chi connectivity index (χ1n) is 9.42. The van der Waals surface area contributed by atoms with Crippen LogP contribution in [-0.4, -0.2) is 63.0 Å².